The highest BCUT2D eigenvalue weighted by Crippen LogP contribution is 2.40. The minimum Gasteiger partial charge on any atom is -0.454 e. The Bertz CT molecular complexity index is 808. The molecule has 0 bridgehead atoms. The van der Waals surface area contributed by atoms with E-state index in [1.807, 2.05) is 12.1 Å². The van der Waals surface area contributed by atoms with Crippen LogP contribution in [0.15, 0.2) is 30.5 Å². The van der Waals surface area contributed by atoms with Crippen molar-refractivity contribution in [3.05, 3.63) is 51.7 Å². The van der Waals surface area contributed by atoms with Gasteiger partial charge < -0.3 is 14.4 Å². The molecule has 1 saturated heterocycles. The Morgan fingerprint density at radius 1 is 1.29 bits per heavy atom. The molecular weight excluding hydrogens is 310 g/mol. The van der Waals surface area contributed by atoms with Gasteiger partial charge in [0.15, 0.2) is 11.5 Å². The number of aryl methyl sites for hydroxylation is 1. The summed E-state index contributed by atoms with van der Waals surface area (Å²) in [5.41, 5.74) is 1.83. The zero-order chi connectivity index (χ0) is 16.7. The fourth-order valence-electron chi connectivity index (χ4n) is 3.39. The summed E-state index contributed by atoms with van der Waals surface area (Å²) < 4.78 is 10.8. The number of fused-ring (bicyclic) bond motifs is 1. The van der Waals surface area contributed by atoms with Crippen LogP contribution in [0, 0.1) is 17.0 Å². The number of nitro groups is 1. The predicted octanol–water partition coefficient (Wildman–Crippen LogP) is 3.37. The highest BCUT2D eigenvalue weighted by molar-refractivity contribution is 5.53. The summed E-state index contributed by atoms with van der Waals surface area (Å²) in [7, 11) is 0. The molecule has 0 radical (unpaired) electrons. The van der Waals surface area contributed by atoms with E-state index in [0.717, 1.165) is 42.3 Å². The predicted molar refractivity (Wildman–Crippen MR) is 87.5 cm³/mol. The lowest BCUT2D eigenvalue weighted by atomic mass is 10.0. The van der Waals surface area contributed by atoms with Gasteiger partial charge in [0.05, 0.1) is 11.0 Å². The van der Waals surface area contributed by atoms with E-state index in [-0.39, 0.29) is 18.5 Å². The van der Waals surface area contributed by atoms with E-state index in [1.54, 1.807) is 13.0 Å². The van der Waals surface area contributed by atoms with Crippen LogP contribution >= 0.6 is 0 Å². The average Bonchev–Trinajstić information content (AvgIpc) is 3.22. The first-order chi connectivity index (χ1) is 11.6. The third-order valence-corrected chi connectivity index (χ3v) is 4.59. The van der Waals surface area contributed by atoms with Gasteiger partial charge in [0, 0.05) is 12.1 Å². The van der Waals surface area contributed by atoms with Crippen molar-refractivity contribution >= 4 is 11.5 Å². The van der Waals surface area contributed by atoms with Crippen LogP contribution in [0.1, 0.15) is 30.0 Å². The van der Waals surface area contributed by atoms with Gasteiger partial charge in [0.1, 0.15) is 12.0 Å². The Balaban J connectivity index is 1.65. The smallest absolute Gasteiger partial charge is 0.290 e. The maximum absolute atomic E-state index is 11.0. The molecule has 1 atom stereocenters. The third-order valence-electron chi connectivity index (χ3n) is 4.59. The molecule has 1 aromatic carbocycles. The van der Waals surface area contributed by atoms with Gasteiger partial charge in [-0.25, -0.2) is 4.98 Å². The molecule has 1 fully saturated rings. The van der Waals surface area contributed by atoms with Crippen molar-refractivity contribution < 1.29 is 14.4 Å². The van der Waals surface area contributed by atoms with Crippen LogP contribution in [0.3, 0.4) is 0 Å². The first-order valence-electron chi connectivity index (χ1n) is 7.91. The zero-order valence-electron chi connectivity index (χ0n) is 13.3. The second kappa shape index (κ2) is 5.67. The summed E-state index contributed by atoms with van der Waals surface area (Å²) in [6.45, 7) is 2.88. The van der Waals surface area contributed by atoms with E-state index < -0.39 is 4.92 Å². The first kappa shape index (κ1) is 14.7. The molecule has 0 aliphatic carbocycles. The van der Waals surface area contributed by atoms with E-state index in [2.05, 4.69) is 16.0 Å². The second-order valence-electron chi connectivity index (χ2n) is 6.05. The lowest BCUT2D eigenvalue weighted by Crippen LogP contribution is -2.23. The first-order valence-corrected chi connectivity index (χ1v) is 7.91. The van der Waals surface area contributed by atoms with Crippen LogP contribution in [0.4, 0.5) is 11.5 Å². The largest absolute Gasteiger partial charge is 0.454 e. The molecule has 24 heavy (non-hydrogen) atoms. The standard InChI is InChI=1S/C17H17N3O4/c1-11-7-17(18-9-14(11)20(21)22)19-6-2-3-13(19)12-4-5-15-16(8-12)24-10-23-15/h4-5,7-9,13H,2-3,6,10H2,1H3. The molecule has 0 saturated carbocycles. The van der Waals surface area contributed by atoms with Gasteiger partial charge in [-0.1, -0.05) is 6.07 Å². The number of hydrogen-bond acceptors (Lipinski definition) is 6. The van der Waals surface area contributed by atoms with Gasteiger partial charge in [-0.05, 0) is 43.5 Å². The molecule has 124 valence electrons. The number of aromatic nitrogens is 1. The Labute approximate surface area is 139 Å². The Hall–Kier alpha value is -2.83. The molecule has 2 aromatic rings. The number of pyridine rings is 1. The maximum Gasteiger partial charge on any atom is 0.290 e. The van der Waals surface area contributed by atoms with E-state index in [9.17, 15) is 10.1 Å². The summed E-state index contributed by atoms with van der Waals surface area (Å²) in [5.74, 6) is 2.32. The molecule has 2 aliphatic heterocycles. The summed E-state index contributed by atoms with van der Waals surface area (Å²) in [6.07, 6.45) is 3.41. The molecule has 0 spiro atoms. The van der Waals surface area contributed by atoms with E-state index >= 15 is 0 Å². The zero-order valence-corrected chi connectivity index (χ0v) is 13.3. The van der Waals surface area contributed by atoms with Gasteiger partial charge in [-0.15, -0.1) is 0 Å². The molecule has 7 nitrogen and oxygen atoms in total. The summed E-state index contributed by atoms with van der Waals surface area (Å²) in [4.78, 5) is 17.1. The number of ether oxygens (including phenoxy) is 2. The maximum atomic E-state index is 11.0. The molecule has 4 rings (SSSR count). The van der Waals surface area contributed by atoms with E-state index in [1.165, 1.54) is 6.20 Å². The number of anilines is 1. The minimum absolute atomic E-state index is 0.0533. The van der Waals surface area contributed by atoms with Gasteiger partial charge in [0.25, 0.3) is 5.69 Å². The Morgan fingerprint density at radius 2 is 2.12 bits per heavy atom. The topological polar surface area (TPSA) is 77.7 Å². The second-order valence-corrected chi connectivity index (χ2v) is 6.05. The van der Waals surface area contributed by atoms with E-state index in [0.29, 0.717) is 5.56 Å². The summed E-state index contributed by atoms with van der Waals surface area (Å²) in [6, 6.07) is 7.98. The van der Waals surface area contributed by atoms with E-state index in [4.69, 9.17) is 9.47 Å². The monoisotopic (exact) mass is 327 g/mol. The fourth-order valence-corrected chi connectivity index (χ4v) is 3.39. The molecule has 0 amide bonds. The summed E-state index contributed by atoms with van der Waals surface area (Å²) >= 11 is 0. The quantitative estimate of drug-likeness (QED) is 0.635. The third kappa shape index (κ3) is 2.42. The molecule has 7 heteroatoms. The van der Waals surface area contributed by atoms with Crippen molar-refractivity contribution in [3.8, 4) is 11.5 Å². The lowest BCUT2D eigenvalue weighted by molar-refractivity contribution is -0.385. The molecule has 1 unspecified atom stereocenters. The Morgan fingerprint density at radius 3 is 2.92 bits per heavy atom. The van der Waals surface area contributed by atoms with Gasteiger partial charge >= 0.3 is 0 Å². The van der Waals surface area contributed by atoms with Gasteiger partial charge in [-0.2, -0.15) is 0 Å². The fraction of sp³-hybridized carbons (Fsp3) is 0.353. The molecule has 2 aliphatic rings. The SMILES string of the molecule is Cc1cc(N2CCCC2c2ccc3c(c2)OCO3)ncc1[N+](=O)[O-]. The van der Waals surface area contributed by atoms with Crippen molar-refractivity contribution in [2.75, 3.05) is 18.2 Å². The van der Waals surface area contributed by atoms with Gasteiger partial charge in [-0.3, -0.25) is 10.1 Å². The van der Waals surface area contributed by atoms with Crippen LogP contribution in [0.2, 0.25) is 0 Å². The highest BCUT2D eigenvalue weighted by Gasteiger charge is 2.29. The Kier molecular flexibility index (Phi) is 3.48. The van der Waals surface area contributed by atoms with Crippen LogP contribution in [0.5, 0.6) is 11.5 Å². The lowest BCUT2D eigenvalue weighted by Gasteiger charge is -2.26. The van der Waals surface area contributed by atoms with Crippen molar-refractivity contribution in [1.29, 1.82) is 0 Å². The number of hydrogen-bond donors (Lipinski definition) is 0. The van der Waals surface area contributed by atoms with Crippen LogP contribution in [-0.4, -0.2) is 23.2 Å². The summed E-state index contributed by atoms with van der Waals surface area (Å²) in [5, 5.41) is 11.0. The minimum atomic E-state index is -0.397. The molecule has 0 N–H and O–H groups in total. The van der Waals surface area contributed by atoms with Crippen LogP contribution < -0.4 is 14.4 Å². The van der Waals surface area contributed by atoms with Crippen molar-refractivity contribution in [3.63, 3.8) is 0 Å². The van der Waals surface area contributed by atoms with Gasteiger partial charge in [0.2, 0.25) is 6.79 Å². The number of benzene rings is 1. The molecule has 3 heterocycles. The highest BCUT2D eigenvalue weighted by atomic mass is 16.7. The normalized spacial score (nSPS) is 18.9. The van der Waals surface area contributed by atoms with Crippen molar-refractivity contribution in [2.45, 2.75) is 25.8 Å². The number of nitrogens with zero attached hydrogens (tertiary/aromatic N) is 3. The number of rotatable bonds is 3. The molecule has 1 aromatic heterocycles. The average molecular weight is 327 g/mol. The molecular formula is C17H17N3O4. The van der Waals surface area contributed by atoms with Crippen molar-refractivity contribution in [1.82, 2.24) is 4.98 Å². The van der Waals surface area contributed by atoms with Crippen molar-refractivity contribution in [2.24, 2.45) is 0 Å². The van der Waals surface area contributed by atoms with Crippen LogP contribution in [-0.2, 0) is 0 Å². The van der Waals surface area contributed by atoms with Crippen LogP contribution in [0.25, 0.3) is 0 Å².